The molecule has 1 aliphatic heterocycles. The zero-order chi connectivity index (χ0) is 13.8. The van der Waals surface area contributed by atoms with E-state index in [4.69, 9.17) is 10.4 Å². The fraction of sp³-hybridized carbons (Fsp3) is 0.250. The molecule has 7 heteroatoms. The molecule has 0 saturated heterocycles. The van der Waals surface area contributed by atoms with E-state index in [9.17, 15) is 9.59 Å². The van der Waals surface area contributed by atoms with Gasteiger partial charge in [0.15, 0.2) is 0 Å². The summed E-state index contributed by atoms with van der Waals surface area (Å²) in [6.07, 6.45) is 1.71. The number of carboxylic acid groups (broad SMARTS) is 1. The highest BCUT2D eigenvalue weighted by Gasteiger charge is 2.24. The molecule has 1 aliphatic rings. The third-order valence-electron chi connectivity index (χ3n) is 2.67. The monoisotopic (exact) mass is 258 g/mol. The second kappa shape index (κ2) is 5.27. The summed E-state index contributed by atoms with van der Waals surface area (Å²) in [6.45, 7) is 0.0480. The maximum atomic E-state index is 11.7. The van der Waals surface area contributed by atoms with E-state index in [0.717, 1.165) is 5.01 Å². The van der Waals surface area contributed by atoms with Crippen LogP contribution in [0.3, 0.4) is 0 Å². The first-order valence-electron chi connectivity index (χ1n) is 5.57. The molecule has 7 nitrogen and oxygen atoms in total. The molecule has 2 heterocycles. The van der Waals surface area contributed by atoms with Gasteiger partial charge < -0.3 is 5.11 Å². The first kappa shape index (κ1) is 12.7. The molecule has 1 aromatic rings. The quantitative estimate of drug-likeness (QED) is 0.850. The lowest BCUT2D eigenvalue weighted by molar-refractivity contribution is -0.133. The number of aliphatic carboxylic acids is 1. The summed E-state index contributed by atoms with van der Waals surface area (Å²) < 4.78 is 0. The van der Waals surface area contributed by atoms with Crippen molar-refractivity contribution in [3.8, 4) is 6.07 Å². The summed E-state index contributed by atoms with van der Waals surface area (Å²) >= 11 is 0. The Labute approximate surface area is 108 Å². The third kappa shape index (κ3) is 2.74. The van der Waals surface area contributed by atoms with Crippen molar-refractivity contribution in [2.45, 2.75) is 19.4 Å². The highest BCUT2D eigenvalue weighted by Crippen LogP contribution is 2.15. The van der Waals surface area contributed by atoms with Crippen molar-refractivity contribution < 1.29 is 14.7 Å². The Balaban J connectivity index is 2.26. The molecule has 0 saturated carbocycles. The first-order valence-corrected chi connectivity index (χ1v) is 5.57. The van der Waals surface area contributed by atoms with E-state index >= 15 is 0 Å². The number of aromatic nitrogens is 1. The fourth-order valence-corrected chi connectivity index (χ4v) is 1.71. The van der Waals surface area contributed by atoms with Gasteiger partial charge in [-0.3, -0.25) is 4.79 Å². The molecule has 0 spiro atoms. The van der Waals surface area contributed by atoms with Crippen LogP contribution >= 0.6 is 0 Å². The van der Waals surface area contributed by atoms with Crippen LogP contribution in [0.1, 0.15) is 24.1 Å². The molecule has 2 rings (SSSR count). The Morgan fingerprint density at radius 1 is 1.53 bits per heavy atom. The van der Waals surface area contributed by atoms with Crippen molar-refractivity contribution in [3.63, 3.8) is 0 Å². The highest BCUT2D eigenvalue weighted by atomic mass is 16.4. The average molecular weight is 258 g/mol. The van der Waals surface area contributed by atoms with Crippen molar-refractivity contribution in [1.29, 1.82) is 5.26 Å². The number of hydrogen-bond acceptors (Lipinski definition) is 5. The van der Waals surface area contributed by atoms with Crippen LogP contribution in [0, 0.1) is 11.3 Å². The highest BCUT2D eigenvalue weighted by molar-refractivity contribution is 6.36. The van der Waals surface area contributed by atoms with Gasteiger partial charge in [-0.05, 0) is 6.07 Å². The number of hydrogen-bond donors (Lipinski definition) is 1. The standard InChI is InChI=1S/C12H10N4O3/c13-6-10-8(2-1-5-14-10)7-16-11(17)4-3-9(15-16)12(18)19/h1-2,5H,3-4,7H2,(H,18,19). The van der Waals surface area contributed by atoms with Crippen LogP contribution in [0.5, 0.6) is 0 Å². The van der Waals surface area contributed by atoms with E-state index in [0.29, 0.717) is 5.56 Å². The molecule has 0 aliphatic carbocycles. The van der Waals surface area contributed by atoms with E-state index in [1.165, 1.54) is 6.20 Å². The maximum absolute atomic E-state index is 11.7. The molecule has 0 unspecified atom stereocenters. The maximum Gasteiger partial charge on any atom is 0.352 e. The largest absolute Gasteiger partial charge is 0.477 e. The van der Waals surface area contributed by atoms with Gasteiger partial charge >= 0.3 is 5.97 Å². The molecule has 1 aromatic heterocycles. The smallest absolute Gasteiger partial charge is 0.352 e. The molecule has 19 heavy (non-hydrogen) atoms. The zero-order valence-corrected chi connectivity index (χ0v) is 9.91. The van der Waals surface area contributed by atoms with E-state index in [1.807, 2.05) is 6.07 Å². The summed E-state index contributed by atoms with van der Waals surface area (Å²) in [5, 5.41) is 22.7. The van der Waals surface area contributed by atoms with E-state index in [-0.39, 0.29) is 36.7 Å². The minimum atomic E-state index is -1.14. The summed E-state index contributed by atoms with van der Waals surface area (Å²) in [4.78, 5) is 26.4. The van der Waals surface area contributed by atoms with Crippen LogP contribution in [0.25, 0.3) is 0 Å². The topological polar surface area (TPSA) is 107 Å². The zero-order valence-electron chi connectivity index (χ0n) is 9.91. The van der Waals surface area contributed by atoms with Crippen LogP contribution in [0.4, 0.5) is 0 Å². The van der Waals surface area contributed by atoms with Gasteiger partial charge in [0.25, 0.3) is 0 Å². The number of pyridine rings is 1. The van der Waals surface area contributed by atoms with Crippen LogP contribution < -0.4 is 0 Å². The summed E-state index contributed by atoms with van der Waals surface area (Å²) in [6, 6.07) is 5.22. The third-order valence-corrected chi connectivity index (χ3v) is 2.67. The predicted octanol–water partition coefficient (Wildman–Crippen LogP) is 0.516. The van der Waals surface area contributed by atoms with Crippen molar-refractivity contribution in [2.24, 2.45) is 5.10 Å². The number of carbonyl (C=O) groups is 2. The van der Waals surface area contributed by atoms with Crippen LogP contribution in [-0.4, -0.2) is 32.7 Å². The van der Waals surface area contributed by atoms with Crippen LogP contribution in [0.2, 0.25) is 0 Å². The van der Waals surface area contributed by atoms with Crippen molar-refractivity contribution >= 4 is 17.6 Å². The summed E-state index contributed by atoms with van der Waals surface area (Å²) in [7, 11) is 0. The van der Waals surface area contributed by atoms with Crippen LogP contribution in [-0.2, 0) is 16.1 Å². The molecule has 96 valence electrons. The average Bonchev–Trinajstić information content (AvgIpc) is 2.41. The van der Waals surface area contributed by atoms with Gasteiger partial charge in [-0.15, -0.1) is 0 Å². The number of amides is 1. The second-order valence-electron chi connectivity index (χ2n) is 3.93. The van der Waals surface area contributed by atoms with E-state index in [1.54, 1.807) is 12.1 Å². The molecule has 1 N–H and O–H groups in total. The SMILES string of the molecule is N#Cc1ncccc1CN1N=C(C(=O)O)CCC1=O. The number of nitrogens with zero attached hydrogens (tertiary/aromatic N) is 4. The van der Waals surface area contributed by atoms with Gasteiger partial charge in [-0.1, -0.05) is 6.07 Å². The Hall–Kier alpha value is -2.75. The Kier molecular flexibility index (Phi) is 3.52. The lowest BCUT2D eigenvalue weighted by Crippen LogP contribution is -2.34. The van der Waals surface area contributed by atoms with Crippen LogP contribution in [0.15, 0.2) is 23.4 Å². The van der Waals surface area contributed by atoms with Gasteiger partial charge in [0.1, 0.15) is 17.5 Å². The minimum Gasteiger partial charge on any atom is -0.477 e. The first-order chi connectivity index (χ1) is 9.11. The molecule has 0 radical (unpaired) electrons. The molecular weight excluding hydrogens is 248 g/mol. The number of nitriles is 1. The number of carbonyl (C=O) groups excluding carboxylic acids is 1. The van der Waals surface area contributed by atoms with Gasteiger partial charge in [-0.2, -0.15) is 10.4 Å². The Morgan fingerprint density at radius 2 is 2.32 bits per heavy atom. The number of hydrazone groups is 1. The predicted molar refractivity (Wildman–Crippen MR) is 63.8 cm³/mol. The van der Waals surface area contributed by atoms with Gasteiger partial charge in [0.05, 0.1) is 6.54 Å². The molecule has 1 amide bonds. The molecule has 0 bridgehead atoms. The molecular formula is C12H10N4O3. The lowest BCUT2D eigenvalue weighted by atomic mass is 10.1. The lowest BCUT2D eigenvalue weighted by Gasteiger charge is -2.22. The van der Waals surface area contributed by atoms with Gasteiger partial charge in [0, 0.05) is 24.6 Å². The van der Waals surface area contributed by atoms with E-state index < -0.39 is 5.97 Å². The summed E-state index contributed by atoms with van der Waals surface area (Å²) in [5.41, 5.74) is 0.684. The Bertz CT molecular complexity index is 603. The fourth-order valence-electron chi connectivity index (χ4n) is 1.71. The van der Waals surface area contributed by atoms with Crippen molar-refractivity contribution in [1.82, 2.24) is 9.99 Å². The van der Waals surface area contributed by atoms with Gasteiger partial charge in [-0.25, -0.2) is 14.8 Å². The van der Waals surface area contributed by atoms with Crippen molar-refractivity contribution in [3.05, 3.63) is 29.6 Å². The number of rotatable bonds is 3. The molecule has 0 aromatic carbocycles. The Morgan fingerprint density at radius 3 is 3.00 bits per heavy atom. The minimum absolute atomic E-state index is 0.0480. The van der Waals surface area contributed by atoms with E-state index in [2.05, 4.69) is 10.1 Å². The molecule has 0 fully saturated rings. The second-order valence-corrected chi connectivity index (χ2v) is 3.93. The van der Waals surface area contributed by atoms with Crippen molar-refractivity contribution in [2.75, 3.05) is 0 Å². The van der Waals surface area contributed by atoms with Gasteiger partial charge in [0.2, 0.25) is 5.91 Å². The normalized spacial score (nSPS) is 14.8. The summed E-state index contributed by atoms with van der Waals surface area (Å²) in [5.74, 6) is -1.40. The molecule has 0 atom stereocenters. The number of carboxylic acids is 1.